The summed E-state index contributed by atoms with van der Waals surface area (Å²) in [5.74, 6) is -0.255. The zero-order chi connectivity index (χ0) is 12.1. The Bertz CT molecular complexity index is 387. The summed E-state index contributed by atoms with van der Waals surface area (Å²) in [6, 6.07) is 1.31. The number of aromatic nitrogens is 1. The number of carbonyl (C=O) groups excluding carboxylic acids is 1. The van der Waals surface area contributed by atoms with Gasteiger partial charge in [-0.05, 0) is 35.6 Å². The Morgan fingerprint density at radius 3 is 3.00 bits per heavy atom. The second-order valence-corrected chi connectivity index (χ2v) is 4.44. The van der Waals surface area contributed by atoms with Crippen LogP contribution in [0.25, 0.3) is 0 Å². The van der Waals surface area contributed by atoms with Crippen LogP contribution in [0.4, 0.5) is 10.2 Å². The molecule has 0 unspecified atom stereocenters. The molecule has 1 rings (SSSR count). The van der Waals surface area contributed by atoms with E-state index >= 15 is 0 Å². The third-order valence-electron chi connectivity index (χ3n) is 1.94. The van der Waals surface area contributed by atoms with E-state index in [9.17, 15) is 9.18 Å². The molecule has 0 fully saturated rings. The molecule has 1 heterocycles. The minimum atomic E-state index is -0.423. The minimum absolute atomic E-state index is 0.155. The van der Waals surface area contributed by atoms with Crippen molar-refractivity contribution in [2.75, 3.05) is 12.4 Å². The number of anilines is 1. The van der Waals surface area contributed by atoms with Crippen LogP contribution >= 0.6 is 22.6 Å². The van der Waals surface area contributed by atoms with Crippen LogP contribution in [0, 0.1) is 9.39 Å². The number of carbonyl (C=O) groups is 1. The highest BCUT2D eigenvalue weighted by Crippen LogP contribution is 2.16. The van der Waals surface area contributed by atoms with E-state index in [2.05, 4.69) is 10.3 Å². The van der Waals surface area contributed by atoms with Gasteiger partial charge >= 0.3 is 0 Å². The SMILES string of the molecule is CO[C@H](C)CC(=O)Nc1ncc(F)cc1I. The first-order chi connectivity index (χ1) is 7.52. The van der Waals surface area contributed by atoms with Gasteiger partial charge in [-0.3, -0.25) is 4.79 Å². The fraction of sp³-hybridized carbons (Fsp3) is 0.400. The van der Waals surface area contributed by atoms with E-state index in [0.717, 1.165) is 6.20 Å². The van der Waals surface area contributed by atoms with E-state index in [1.54, 1.807) is 6.92 Å². The molecule has 0 bridgehead atoms. The molecule has 0 radical (unpaired) electrons. The van der Waals surface area contributed by atoms with Gasteiger partial charge in [0.25, 0.3) is 0 Å². The molecule has 1 amide bonds. The van der Waals surface area contributed by atoms with Gasteiger partial charge in [0.2, 0.25) is 5.91 Å². The average molecular weight is 338 g/mol. The van der Waals surface area contributed by atoms with Crippen LogP contribution in [0.1, 0.15) is 13.3 Å². The summed E-state index contributed by atoms with van der Waals surface area (Å²) in [5.41, 5.74) is 0. The Hall–Kier alpha value is -0.760. The van der Waals surface area contributed by atoms with Gasteiger partial charge in [0, 0.05) is 7.11 Å². The number of hydrogen-bond acceptors (Lipinski definition) is 3. The average Bonchev–Trinajstić information content (AvgIpc) is 2.22. The highest BCUT2D eigenvalue weighted by Gasteiger charge is 2.11. The number of ether oxygens (including phenoxy) is 1. The molecule has 0 saturated heterocycles. The monoisotopic (exact) mass is 338 g/mol. The van der Waals surface area contributed by atoms with Crippen molar-refractivity contribution in [1.29, 1.82) is 0 Å². The predicted molar refractivity (Wildman–Crippen MR) is 66.6 cm³/mol. The van der Waals surface area contributed by atoms with Gasteiger partial charge in [0.1, 0.15) is 11.6 Å². The molecule has 88 valence electrons. The van der Waals surface area contributed by atoms with Gasteiger partial charge < -0.3 is 10.1 Å². The van der Waals surface area contributed by atoms with E-state index in [-0.39, 0.29) is 18.4 Å². The van der Waals surface area contributed by atoms with E-state index < -0.39 is 5.82 Å². The molecule has 0 aliphatic carbocycles. The van der Waals surface area contributed by atoms with Gasteiger partial charge in [-0.1, -0.05) is 0 Å². The first kappa shape index (κ1) is 13.3. The second kappa shape index (κ2) is 6.09. The molecule has 6 heteroatoms. The lowest BCUT2D eigenvalue weighted by atomic mass is 10.2. The molecule has 0 saturated carbocycles. The van der Waals surface area contributed by atoms with Crippen molar-refractivity contribution < 1.29 is 13.9 Å². The lowest BCUT2D eigenvalue weighted by Gasteiger charge is -2.10. The Morgan fingerprint density at radius 2 is 2.44 bits per heavy atom. The fourth-order valence-electron chi connectivity index (χ4n) is 1.03. The van der Waals surface area contributed by atoms with E-state index in [1.807, 2.05) is 22.6 Å². The number of nitrogens with zero attached hydrogens (tertiary/aromatic N) is 1. The summed E-state index contributed by atoms with van der Waals surface area (Å²) in [4.78, 5) is 15.3. The number of hydrogen-bond donors (Lipinski definition) is 1. The molecule has 4 nitrogen and oxygen atoms in total. The van der Waals surface area contributed by atoms with Gasteiger partial charge in [-0.15, -0.1) is 0 Å². The Labute approximate surface area is 107 Å². The third kappa shape index (κ3) is 4.01. The van der Waals surface area contributed by atoms with Crippen molar-refractivity contribution in [1.82, 2.24) is 4.98 Å². The number of rotatable bonds is 4. The molecule has 0 aromatic carbocycles. The number of nitrogens with one attached hydrogen (secondary N) is 1. The molecule has 0 aliphatic rings. The van der Waals surface area contributed by atoms with Crippen LogP contribution in [0.15, 0.2) is 12.3 Å². The van der Waals surface area contributed by atoms with Crippen LogP contribution < -0.4 is 5.32 Å². The molecular weight excluding hydrogens is 326 g/mol. The molecule has 0 spiro atoms. The predicted octanol–water partition coefficient (Wildman–Crippen LogP) is 2.19. The maximum Gasteiger partial charge on any atom is 0.228 e. The summed E-state index contributed by atoms with van der Waals surface area (Å²) in [7, 11) is 1.54. The lowest BCUT2D eigenvalue weighted by molar-refractivity contribution is -0.118. The molecular formula is C10H12FIN2O2. The molecule has 0 aliphatic heterocycles. The maximum absolute atomic E-state index is 12.7. The van der Waals surface area contributed by atoms with Gasteiger partial charge in [0.15, 0.2) is 0 Å². The molecule has 16 heavy (non-hydrogen) atoms. The molecule has 1 N–H and O–H groups in total. The fourth-order valence-corrected chi connectivity index (χ4v) is 1.61. The summed E-state index contributed by atoms with van der Waals surface area (Å²) < 4.78 is 18.3. The van der Waals surface area contributed by atoms with E-state index in [1.165, 1.54) is 13.2 Å². The standard InChI is InChI=1S/C10H12FIN2O2/c1-6(16-2)3-9(15)14-10-8(12)4-7(11)5-13-10/h4-6H,3H2,1-2H3,(H,13,14,15)/t6-/m1/s1. The summed E-state index contributed by atoms with van der Waals surface area (Å²) in [6.07, 6.45) is 1.15. The van der Waals surface area contributed by atoms with Gasteiger partial charge in [-0.25, -0.2) is 9.37 Å². The van der Waals surface area contributed by atoms with Crippen molar-refractivity contribution in [3.8, 4) is 0 Å². The van der Waals surface area contributed by atoms with Gasteiger partial charge in [-0.2, -0.15) is 0 Å². The highest BCUT2D eigenvalue weighted by atomic mass is 127. The first-order valence-electron chi connectivity index (χ1n) is 4.66. The van der Waals surface area contributed by atoms with Crippen LogP contribution in [-0.4, -0.2) is 24.1 Å². The zero-order valence-electron chi connectivity index (χ0n) is 8.96. The normalized spacial score (nSPS) is 12.2. The highest BCUT2D eigenvalue weighted by molar-refractivity contribution is 14.1. The topological polar surface area (TPSA) is 51.2 Å². The Kier molecular flexibility index (Phi) is 5.07. The summed E-state index contributed by atoms with van der Waals surface area (Å²) in [5, 5.41) is 2.60. The van der Waals surface area contributed by atoms with Crippen molar-refractivity contribution in [2.24, 2.45) is 0 Å². The zero-order valence-corrected chi connectivity index (χ0v) is 11.1. The van der Waals surface area contributed by atoms with E-state index in [0.29, 0.717) is 9.39 Å². The van der Waals surface area contributed by atoms with Crippen molar-refractivity contribution >= 4 is 34.3 Å². The number of halogens is 2. The summed E-state index contributed by atoms with van der Waals surface area (Å²) >= 11 is 1.91. The molecule has 1 atom stereocenters. The Morgan fingerprint density at radius 1 is 1.75 bits per heavy atom. The quantitative estimate of drug-likeness (QED) is 0.857. The first-order valence-corrected chi connectivity index (χ1v) is 5.74. The minimum Gasteiger partial charge on any atom is -0.381 e. The van der Waals surface area contributed by atoms with Crippen molar-refractivity contribution in [2.45, 2.75) is 19.4 Å². The molecule has 1 aromatic heterocycles. The largest absolute Gasteiger partial charge is 0.381 e. The van der Waals surface area contributed by atoms with Crippen LogP contribution in [-0.2, 0) is 9.53 Å². The number of amides is 1. The van der Waals surface area contributed by atoms with Crippen LogP contribution in [0.2, 0.25) is 0 Å². The van der Waals surface area contributed by atoms with Crippen LogP contribution in [0.5, 0.6) is 0 Å². The maximum atomic E-state index is 12.7. The number of pyridine rings is 1. The Balaban J connectivity index is 2.63. The van der Waals surface area contributed by atoms with E-state index in [4.69, 9.17) is 4.74 Å². The smallest absolute Gasteiger partial charge is 0.228 e. The van der Waals surface area contributed by atoms with Crippen molar-refractivity contribution in [3.05, 3.63) is 21.7 Å². The third-order valence-corrected chi connectivity index (χ3v) is 2.76. The van der Waals surface area contributed by atoms with Crippen LogP contribution in [0.3, 0.4) is 0 Å². The second-order valence-electron chi connectivity index (χ2n) is 3.28. The summed E-state index contributed by atoms with van der Waals surface area (Å²) in [6.45, 7) is 1.79. The number of methoxy groups -OCH3 is 1. The lowest BCUT2D eigenvalue weighted by Crippen LogP contribution is -2.20. The molecule has 1 aromatic rings. The van der Waals surface area contributed by atoms with Gasteiger partial charge in [0.05, 0.1) is 22.3 Å². The van der Waals surface area contributed by atoms with Crippen molar-refractivity contribution in [3.63, 3.8) is 0 Å².